The quantitative estimate of drug-likeness (QED) is 0.688. The second-order valence-electron chi connectivity index (χ2n) is 3.09. The number of likely N-dealkylation sites (N-methyl/N-ethyl adjacent to an activating group) is 1. The third-order valence-corrected chi connectivity index (χ3v) is 2.03. The Balaban J connectivity index is 3.77. The van der Waals surface area contributed by atoms with Crippen molar-refractivity contribution in [3.05, 3.63) is 0 Å². The zero-order valence-electron chi connectivity index (χ0n) is 9.30. The van der Waals surface area contributed by atoms with E-state index in [4.69, 9.17) is 0 Å². The third-order valence-electron chi connectivity index (χ3n) is 2.03. The van der Waals surface area contributed by atoms with Crippen LogP contribution in [0.3, 0.4) is 0 Å². The van der Waals surface area contributed by atoms with Gasteiger partial charge >= 0.3 is 0 Å². The predicted octanol–water partition coefficient (Wildman–Crippen LogP) is 0.771. The minimum absolute atomic E-state index is 0.0144. The number of hydrogen-bond donors (Lipinski definition) is 1. The first kappa shape index (κ1) is 12.9. The van der Waals surface area contributed by atoms with Gasteiger partial charge in [0.25, 0.3) is 0 Å². The number of carbonyl (C=O) groups is 2. The van der Waals surface area contributed by atoms with Gasteiger partial charge < -0.3 is 10.2 Å². The Hall–Kier alpha value is -1.06. The molecule has 1 N–H and O–H groups in total. The molecule has 0 saturated carbocycles. The Labute approximate surface area is 85.7 Å². The van der Waals surface area contributed by atoms with Crippen LogP contribution in [0, 0.1) is 0 Å². The maximum Gasteiger partial charge on any atom is 0.241 e. The summed E-state index contributed by atoms with van der Waals surface area (Å²) in [7, 11) is 0. The van der Waals surface area contributed by atoms with Crippen molar-refractivity contribution in [1.29, 1.82) is 0 Å². The highest BCUT2D eigenvalue weighted by Crippen LogP contribution is 1.89. The molecule has 14 heavy (non-hydrogen) atoms. The van der Waals surface area contributed by atoms with Crippen molar-refractivity contribution in [3.8, 4) is 0 Å². The van der Waals surface area contributed by atoms with Gasteiger partial charge in [0.05, 0.1) is 6.54 Å². The number of nitrogens with zero attached hydrogens (tertiary/aromatic N) is 1. The monoisotopic (exact) mass is 200 g/mol. The summed E-state index contributed by atoms with van der Waals surface area (Å²) in [5, 5.41) is 2.60. The van der Waals surface area contributed by atoms with Gasteiger partial charge in [0.2, 0.25) is 11.8 Å². The Morgan fingerprint density at radius 2 is 1.71 bits per heavy atom. The topological polar surface area (TPSA) is 49.4 Å². The van der Waals surface area contributed by atoms with Crippen LogP contribution in [0.5, 0.6) is 0 Å². The van der Waals surface area contributed by atoms with Crippen LogP contribution >= 0.6 is 0 Å². The second-order valence-corrected chi connectivity index (χ2v) is 3.09. The van der Waals surface area contributed by atoms with Crippen LogP contribution in [0.4, 0.5) is 0 Å². The third kappa shape index (κ3) is 4.84. The lowest BCUT2D eigenvalue weighted by molar-refractivity contribution is -0.132. The summed E-state index contributed by atoms with van der Waals surface area (Å²) in [5.74, 6) is -0.0625. The first-order valence-corrected chi connectivity index (χ1v) is 5.20. The van der Waals surface area contributed by atoms with Crippen LogP contribution in [0.1, 0.15) is 33.6 Å². The van der Waals surface area contributed by atoms with E-state index in [1.807, 2.05) is 20.8 Å². The average molecular weight is 200 g/mol. The summed E-state index contributed by atoms with van der Waals surface area (Å²) in [6.07, 6.45) is 1.30. The molecule has 82 valence electrons. The Kier molecular flexibility index (Phi) is 6.80. The van der Waals surface area contributed by atoms with Gasteiger partial charge in [-0.1, -0.05) is 6.92 Å². The van der Waals surface area contributed by atoms with Crippen molar-refractivity contribution in [1.82, 2.24) is 10.2 Å². The molecule has 4 heteroatoms. The fourth-order valence-electron chi connectivity index (χ4n) is 1.18. The normalized spacial score (nSPS) is 9.64. The molecule has 0 aromatic heterocycles. The van der Waals surface area contributed by atoms with E-state index in [2.05, 4.69) is 5.32 Å². The van der Waals surface area contributed by atoms with Crippen LogP contribution in [0.15, 0.2) is 0 Å². The second kappa shape index (κ2) is 7.35. The Morgan fingerprint density at radius 1 is 1.14 bits per heavy atom. The Morgan fingerprint density at radius 3 is 2.14 bits per heavy atom. The largest absolute Gasteiger partial charge is 0.347 e. The lowest BCUT2D eigenvalue weighted by Crippen LogP contribution is -2.39. The van der Waals surface area contributed by atoms with Crippen molar-refractivity contribution >= 4 is 11.8 Å². The lowest BCUT2D eigenvalue weighted by atomic mass is 10.3. The molecule has 0 bridgehead atoms. The summed E-state index contributed by atoms with van der Waals surface area (Å²) >= 11 is 0. The number of carbonyl (C=O) groups excluding carboxylic acids is 2. The van der Waals surface area contributed by atoms with Crippen LogP contribution in [-0.4, -0.2) is 36.3 Å². The van der Waals surface area contributed by atoms with Gasteiger partial charge in [0.1, 0.15) is 0 Å². The molecule has 0 aromatic carbocycles. The Bertz CT molecular complexity index is 189. The standard InChI is InChI=1S/C10H20N2O2/c1-4-7-9(13)11-8-10(14)12(5-2)6-3/h4-8H2,1-3H3,(H,11,13). The average Bonchev–Trinajstić information content (AvgIpc) is 2.17. The van der Waals surface area contributed by atoms with E-state index in [0.29, 0.717) is 19.5 Å². The van der Waals surface area contributed by atoms with Crippen molar-refractivity contribution in [2.45, 2.75) is 33.6 Å². The van der Waals surface area contributed by atoms with E-state index in [1.54, 1.807) is 4.90 Å². The molecule has 0 atom stereocenters. The minimum atomic E-state index is -0.0481. The minimum Gasteiger partial charge on any atom is -0.347 e. The fraction of sp³-hybridized carbons (Fsp3) is 0.800. The molecule has 0 aliphatic rings. The van der Waals surface area contributed by atoms with Crippen LogP contribution in [-0.2, 0) is 9.59 Å². The maximum absolute atomic E-state index is 11.4. The predicted molar refractivity (Wildman–Crippen MR) is 55.8 cm³/mol. The number of nitrogens with one attached hydrogen (secondary N) is 1. The van der Waals surface area contributed by atoms with E-state index in [0.717, 1.165) is 6.42 Å². The summed E-state index contributed by atoms with van der Waals surface area (Å²) in [5.41, 5.74) is 0. The van der Waals surface area contributed by atoms with Gasteiger partial charge in [-0.15, -0.1) is 0 Å². The summed E-state index contributed by atoms with van der Waals surface area (Å²) in [4.78, 5) is 24.2. The highest BCUT2D eigenvalue weighted by Gasteiger charge is 2.09. The van der Waals surface area contributed by atoms with Crippen molar-refractivity contribution in [2.24, 2.45) is 0 Å². The summed E-state index contributed by atoms with van der Waals surface area (Å²) < 4.78 is 0. The highest BCUT2D eigenvalue weighted by atomic mass is 16.2. The van der Waals surface area contributed by atoms with Gasteiger partial charge in [0, 0.05) is 19.5 Å². The maximum atomic E-state index is 11.4. The van der Waals surface area contributed by atoms with Crippen molar-refractivity contribution < 1.29 is 9.59 Å². The molecule has 0 unspecified atom stereocenters. The van der Waals surface area contributed by atoms with Crippen molar-refractivity contribution in [3.63, 3.8) is 0 Å². The zero-order chi connectivity index (χ0) is 11.0. The molecule has 0 saturated heterocycles. The first-order valence-electron chi connectivity index (χ1n) is 5.20. The zero-order valence-corrected chi connectivity index (χ0v) is 9.30. The molecule has 0 aliphatic heterocycles. The van der Waals surface area contributed by atoms with Gasteiger partial charge in [-0.2, -0.15) is 0 Å². The molecule has 0 rings (SSSR count). The van der Waals surface area contributed by atoms with Crippen LogP contribution < -0.4 is 5.32 Å². The SMILES string of the molecule is CCCC(=O)NCC(=O)N(CC)CC. The smallest absolute Gasteiger partial charge is 0.241 e. The van der Waals surface area contributed by atoms with Gasteiger partial charge in [-0.3, -0.25) is 9.59 Å². The molecule has 0 aliphatic carbocycles. The lowest BCUT2D eigenvalue weighted by Gasteiger charge is -2.18. The van der Waals surface area contributed by atoms with E-state index in [-0.39, 0.29) is 18.4 Å². The number of rotatable bonds is 6. The summed E-state index contributed by atoms with van der Waals surface area (Å²) in [6.45, 7) is 7.30. The van der Waals surface area contributed by atoms with E-state index < -0.39 is 0 Å². The van der Waals surface area contributed by atoms with Gasteiger partial charge in [-0.05, 0) is 20.3 Å². The summed E-state index contributed by atoms with van der Waals surface area (Å²) in [6, 6.07) is 0. The van der Waals surface area contributed by atoms with Gasteiger partial charge in [0.15, 0.2) is 0 Å². The van der Waals surface area contributed by atoms with E-state index >= 15 is 0 Å². The van der Waals surface area contributed by atoms with Crippen LogP contribution in [0.2, 0.25) is 0 Å². The molecule has 2 amide bonds. The first-order chi connectivity index (χ1) is 6.65. The fourth-order valence-corrected chi connectivity index (χ4v) is 1.18. The number of amides is 2. The van der Waals surface area contributed by atoms with Crippen molar-refractivity contribution in [2.75, 3.05) is 19.6 Å². The molecule has 4 nitrogen and oxygen atoms in total. The van der Waals surface area contributed by atoms with E-state index in [9.17, 15) is 9.59 Å². The molecule has 0 spiro atoms. The van der Waals surface area contributed by atoms with Crippen LogP contribution in [0.25, 0.3) is 0 Å². The molecule has 0 aromatic rings. The molecular formula is C10H20N2O2. The van der Waals surface area contributed by atoms with E-state index in [1.165, 1.54) is 0 Å². The molecule has 0 radical (unpaired) electrons. The van der Waals surface area contributed by atoms with Gasteiger partial charge in [-0.25, -0.2) is 0 Å². The molecular weight excluding hydrogens is 180 g/mol. The molecule has 0 heterocycles. The highest BCUT2D eigenvalue weighted by molar-refractivity contribution is 5.84. The number of hydrogen-bond acceptors (Lipinski definition) is 2. The molecule has 0 fully saturated rings.